The summed E-state index contributed by atoms with van der Waals surface area (Å²) in [4.78, 5) is 11.2. The minimum atomic E-state index is -2.47. The first kappa shape index (κ1) is 12.6. The molecule has 0 heterocycles. The van der Waals surface area contributed by atoms with Crippen molar-refractivity contribution in [3.8, 4) is 5.75 Å². The third-order valence-electron chi connectivity index (χ3n) is 1.97. The second kappa shape index (κ2) is 5.60. The van der Waals surface area contributed by atoms with Crippen molar-refractivity contribution in [2.75, 3.05) is 13.7 Å². The van der Waals surface area contributed by atoms with Crippen molar-refractivity contribution in [3.63, 3.8) is 0 Å². The van der Waals surface area contributed by atoms with E-state index in [2.05, 4.69) is 0 Å². The topological polar surface area (TPSA) is 63.5 Å². The van der Waals surface area contributed by atoms with Gasteiger partial charge < -0.3 is 4.74 Å². The van der Waals surface area contributed by atoms with Crippen LogP contribution in [0.4, 0.5) is 5.69 Å². The molecule has 0 amide bonds. The summed E-state index contributed by atoms with van der Waals surface area (Å²) in [5, 5.41) is 0. The zero-order chi connectivity index (χ0) is 12.1. The summed E-state index contributed by atoms with van der Waals surface area (Å²) >= 11 is 0. The zero-order valence-corrected chi connectivity index (χ0v) is 10.1. The maximum atomic E-state index is 11.2. The Balaban J connectivity index is 3.11. The van der Waals surface area contributed by atoms with Crippen LogP contribution in [0.1, 0.15) is 12.5 Å². The molecule has 0 saturated heterocycles. The molecule has 1 aromatic carbocycles. The van der Waals surface area contributed by atoms with Gasteiger partial charge >= 0.3 is 0 Å². The fourth-order valence-electron chi connectivity index (χ4n) is 1.34. The zero-order valence-electron chi connectivity index (χ0n) is 9.17. The number of nitrogens with zero attached hydrogens (tertiary/aromatic N) is 1. The molecule has 5 nitrogen and oxygen atoms in total. The van der Waals surface area contributed by atoms with Crippen molar-refractivity contribution < 1.29 is 17.9 Å². The Labute approximate surface area is 95.6 Å². The minimum Gasteiger partial charge on any atom is -0.487 e. The van der Waals surface area contributed by atoms with Gasteiger partial charge in [-0.05, 0) is 18.6 Å². The summed E-state index contributed by atoms with van der Waals surface area (Å²) in [6.45, 7) is 2.23. The average molecular weight is 244 g/mol. The monoisotopic (exact) mass is 244 g/mol. The number of rotatable bonds is 5. The lowest BCUT2D eigenvalue weighted by atomic mass is 10.2. The highest BCUT2D eigenvalue weighted by molar-refractivity contribution is 7.71. The quantitative estimate of drug-likeness (QED) is 0.625. The molecular weight excluding hydrogens is 230 g/mol. The van der Waals surface area contributed by atoms with Crippen LogP contribution in [-0.4, -0.2) is 26.8 Å². The van der Waals surface area contributed by atoms with E-state index in [4.69, 9.17) is 4.74 Å². The van der Waals surface area contributed by atoms with Gasteiger partial charge in [0.05, 0.1) is 12.4 Å². The fourth-order valence-corrected chi connectivity index (χ4v) is 1.83. The molecular formula is C10H14NO4S+. The van der Waals surface area contributed by atoms with Crippen molar-refractivity contribution in [2.24, 2.45) is 0 Å². The highest BCUT2D eigenvalue weighted by Crippen LogP contribution is 2.27. The lowest BCUT2D eigenvalue weighted by Crippen LogP contribution is -2.00. The van der Waals surface area contributed by atoms with Crippen LogP contribution in [0.2, 0.25) is 0 Å². The van der Waals surface area contributed by atoms with Gasteiger partial charge in [0.15, 0.2) is 12.8 Å². The third kappa shape index (κ3) is 3.30. The van der Waals surface area contributed by atoms with Gasteiger partial charge in [0.2, 0.25) is 0 Å². The molecule has 0 radical (unpaired) electrons. The van der Waals surface area contributed by atoms with Crippen LogP contribution in [-0.2, 0) is 16.5 Å². The van der Waals surface area contributed by atoms with Crippen LogP contribution in [0, 0.1) is 4.91 Å². The Morgan fingerprint density at radius 1 is 1.38 bits per heavy atom. The van der Waals surface area contributed by atoms with E-state index < -0.39 is 10.7 Å². The molecule has 0 fully saturated rings. The average Bonchev–Trinajstić information content (AvgIpc) is 2.17. The molecule has 0 aliphatic carbocycles. The number of ether oxygens (including phenoxy) is 1. The standard InChI is InChI=1S/C10H14NO4S/c1-3-15-10-6-8(7-16(13)14)4-5-9(10)11(2)12/h4-6,16H,3,7H2,1-2H3/q+1. The predicted molar refractivity (Wildman–Crippen MR) is 60.8 cm³/mol. The van der Waals surface area contributed by atoms with Crippen LogP contribution in [0.25, 0.3) is 0 Å². The number of thiol groups is 1. The summed E-state index contributed by atoms with van der Waals surface area (Å²) in [6, 6.07) is 4.75. The van der Waals surface area contributed by atoms with Crippen molar-refractivity contribution in [1.82, 2.24) is 0 Å². The number of benzene rings is 1. The van der Waals surface area contributed by atoms with Gasteiger partial charge in [-0.3, -0.25) is 0 Å². The van der Waals surface area contributed by atoms with Crippen LogP contribution < -0.4 is 4.74 Å². The van der Waals surface area contributed by atoms with Gasteiger partial charge in [-0.1, -0.05) is 6.07 Å². The molecule has 0 N–H and O–H groups in total. The fraction of sp³-hybridized carbons (Fsp3) is 0.400. The molecule has 1 rings (SSSR count). The van der Waals surface area contributed by atoms with Gasteiger partial charge in [-0.2, -0.15) is 0 Å². The summed E-state index contributed by atoms with van der Waals surface area (Å²) in [5.41, 5.74) is 1.01. The maximum Gasteiger partial charge on any atom is 0.297 e. The van der Waals surface area contributed by atoms with Crippen LogP contribution in [0.15, 0.2) is 18.2 Å². The minimum absolute atomic E-state index is 0.0434. The Kier molecular flexibility index (Phi) is 4.42. The van der Waals surface area contributed by atoms with E-state index in [1.807, 2.05) is 0 Å². The van der Waals surface area contributed by atoms with Gasteiger partial charge in [0, 0.05) is 15.7 Å². The molecule has 0 spiro atoms. The lowest BCUT2D eigenvalue weighted by Gasteiger charge is -2.04. The first-order valence-electron chi connectivity index (χ1n) is 4.83. The third-order valence-corrected chi connectivity index (χ3v) is 2.60. The Bertz CT molecular complexity index is 460. The van der Waals surface area contributed by atoms with E-state index in [9.17, 15) is 13.3 Å². The summed E-state index contributed by atoms with van der Waals surface area (Å²) in [5.74, 6) is 0.368. The van der Waals surface area contributed by atoms with Crippen molar-refractivity contribution in [1.29, 1.82) is 0 Å². The molecule has 0 saturated carbocycles. The van der Waals surface area contributed by atoms with E-state index in [0.717, 1.165) is 0 Å². The van der Waals surface area contributed by atoms with Crippen LogP contribution in [0.5, 0.6) is 5.75 Å². The van der Waals surface area contributed by atoms with Gasteiger partial charge in [0.25, 0.3) is 5.69 Å². The molecule has 6 heteroatoms. The number of hydrogen-bond acceptors (Lipinski definition) is 4. The van der Waals surface area contributed by atoms with Gasteiger partial charge in [-0.25, -0.2) is 8.42 Å². The van der Waals surface area contributed by atoms with Gasteiger partial charge in [0.1, 0.15) is 10.7 Å². The second-order valence-corrected chi connectivity index (χ2v) is 4.21. The maximum absolute atomic E-state index is 11.2. The Hall–Kier alpha value is -1.43. The van der Waals surface area contributed by atoms with E-state index >= 15 is 0 Å². The highest BCUT2D eigenvalue weighted by atomic mass is 32.2. The largest absolute Gasteiger partial charge is 0.487 e. The van der Waals surface area contributed by atoms with Crippen LogP contribution >= 0.6 is 0 Å². The molecule has 0 aliphatic rings. The molecule has 0 atom stereocenters. The van der Waals surface area contributed by atoms with Crippen molar-refractivity contribution in [2.45, 2.75) is 12.7 Å². The molecule has 0 aliphatic heterocycles. The Morgan fingerprint density at radius 2 is 2.06 bits per heavy atom. The summed E-state index contributed by atoms with van der Waals surface area (Å²) < 4.78 is 27.1. The SMILES string of the molecule is CCOc1cc(C[SH](=O)=O)ccc1[N+](C)=O. The number of hydrogen-bond donors (Lipinski definition) is 1. The smallest absolute Gasteiger partial charge is 0.297 e. The van der Waals surface area contributed by atoms with Crippen LogP contribution in [0.3, 0.4) is 0 Å². The molecule has 0 unspecified atom stereocenters. The first-order valence-corrected chi connectivity index (χ1v) is 6.19. The molecule has 1 aromatic rings. The second-order valence-electron chi connectivity index (χ2n) is 3.22. The van der Waals surface area contributed by atoms with Crippen molar-refractivity contribution in [3.05, 3.63) is 28.7 Å². The molecule has 16 heavy (non-hydrogen) atoms. The highest BCUT2D eigenvalue weighted by Gasteiger charge is 2.16. The Morgan fingerprint density at radius 3 is 2.56 bits per heavy atom. The first-order chi connectivity index (χ1) is 7.54. The van der Waals surface area contributed by atoms with E-state index in [-0.39, 0.29) is 5.75 Å². The number of nitroso groups, excluding NO2 is 1. The summed E-state index contributed by atoms with van der Waals surface area (Å²) in [7, 11) is -1.10. The van der Waals surface area contributed by atoms with Gasteiger partial charge in [-0.15, -0.1) is 0 Å². The van der Waals surface area contributed by atoms with E-state index in [1.165, 1.54) is 7.05 Å². The molecule has 88 valence electrons. The normalized spacial score (nSPS) is 10.4. The van der Waals surface area contributed by atoms with E-state index in [0.29, 0.717) is 28.4 Å². The lowest BCUT2D eigenvalue weighted by molar-refractivity contribution is -0.429. The summed E-state index contributed by atoms with van der Waals surface area (Å²) in [6.07, 6.45) is 0. The van der Waals surface area contributed by atoms with Crippen molar-refractivity contribution >= 4 is 16.4 Å². The predicted octanol–water partition coefficient (Wildman–Crippen LogP) is 1.24. The molecule has 0 aromatic heterocycles. The van der Waals surface area contributed by atoms with E-state index in [1.54, 1.807) is 25.1 Å². The molecule has 0 bridgehead atoms.